The Bertz CT molecular complexity index is 516. The van der Waals surface area contributed by atoms with E-state index in [1.165, 1.54) is 5.56 Å². The van der Waals surface area contributed by atoms with Crippen molar-refractivity contribution in [2.45, 2.75) is 32.9 Å². The lowest BCUT2D eigenvalue weighted by Crippen LogP contribution is -2.52. The molecule has 0 amide bonds. The van der Waals surface area contributed by atoms with Crippen LogP contribution in [0.25, 0.3) is 0 Å². The van der Waals surface area contributed by atoms with Gasteiger partial charge in [0.1, 0.15) is 0 Å². The number of halogens is 2. The van der Waals surface area contributed by atoms with Gasteiger partial charge in [-0.3, -0.25) is 4.90 Å². The van der Waals surface area contributed by atoms with E-state index in [1.54, 1.807) is 0 Å². The number of piperazine rings is 1. The minimum Gasteiger partial charge on any atom is -0.360 e. The Morgan fingerprint density at radius 1 is 1.23 bits per heavy atom. The Hall–Kier alpha value is -0.550. The van der Waals surface area contributed by atoms with Crippen molar-refractivity contribution in [3.05, 3.63) is 33.8 Å². The van der Waals surface area contributed by atoms with Gasteiger partial charge in [0.05, 0.1) is 10.0 Å². The number of rotatable bonds is 4. The van der Waals surface area contributed by atoms with Crippen molar-refractivity contribution in [2.75, 3.05) is 26.2 Å². The topological polar surface area (TPSA) is 18.5 Å². The number of nitrogens with zero attached hydrogens (tertiary/aromatic N) is 2. The largest absolute Gasteiger partial charge is 0.360 e. The van der Waals surface area contributed by atoms with Crippen molar-refractivity contribution in [1.29, 1.82) is 0 Å². The van der Waals surface area contributed by atoms with Crippen LogP contribution in [0.2, 0.25) is 10.0 Å². The van der Waals surface area contributed by atoms with Gasteiger partial charge in [0, 0.05) is 38.8 Å². The molecule has 0 aromatic heterocycles. The summed E-state index contributed by atoms with van der Waals surface area (Å²) in [5.74, 6) is 0. The van der Waals surface area contributed by atoms with Crippen LogP contribution in [-0.2, 0) is 6.54 Å². The van der Waals surface area contributed by atoms with E-state index in [9.17, 15) is 0 Å². The number of hydrogen-bond acceptors (Lipinski definition) is 2. The molecule has 1 saturated heterocycles. The van der Waals surface area contributed by atoms with Gasteiger partial charge in [-0.1, -0.05) is 36.2 Å². The fourth-order valence-corrected chi connectivity index (χ4v) is 3.11. The fourth-order valence-electron chi connectivity index (χ4n) is 2.41. The zero-order valence-electron chi connectivity index (χ0n) is 13.1. The van der Waals surface area contributed by atoms with E-state index in [0.29, 0.717) is 16.1 Å². The number of thiocarbonyl (C=S) groups is 1. The van der Waals surface area contributed by atoms with Crippen molar-refractivity contribution in [3.8, 4) is 0 Å². The van der Waals surface area contributed by atoms with E-state index < -0.39 is 0 Å². The maximum absolute atomic E-state index is 6.07. The molecule has 1 N–H and O–H groups in total. The van der Waals surface area contributed by atoms with Crippen molar-refractivity contribution in [1.82, 2.24) is 15.1 Å². The van der Waals surface area contributed by atoms with Crippen molar-refractivity contribution in [2.24, 2.45) is 0 Å². The highest BCUT2D eigenvalue weighted by Gasteiger charge is 2.19. The quantitative estimate of drug-likeness (QED) is 0.824. The molecule has 2 rings (SSSR count). The van der Waals surface area contributed by atoms with E-state index in [0.717, 1.165) is 44.3 Å². The second-order valence-corrected chi connectivity index (χ2v) is 6.97. The third-order valence-corrected chi connectivity index (χ3v) is 5.15. The molecule has 1 heterocycles. The van der Waals surface area contributed by atoms with Crippen LogP contribution >= 0.6 is 35.4 Å². The smallest absolute Gasteiger partial charge is 0.169 e. The Kier molecular flexibility index (Phi) is 6.75. The summed E-state index contributed by atoms with van der Waals surface area (Å²) in [7, 11) is 0. The summed E-state index contributed by atoms with van der Waals surface area (Å²) < 4.78 is 0. The summed E-state index contributed by atoms with van der Waals surface area (Å²) in [6, 6.07) is 6.28. The van der Waals surface area contributed by atoms with Crippen molar-refractivity contribution >= 4 is 40.5 Å². The Balaban J connectivity index is 1.81. The maximum atomic E-state index is 6.07. The molecule has 6 heteroatoms. The zero-order valence-corrected chi connectivity index (χ0v) is 15.4. The molecule has 0 aliphatic carbocycles. The van der Waals surface area contributed by atoms with Gasteiger partial charge in [-0.25, -0.2) is 0 Å². The lowest BCUT2D eigenvalue weighted by Gasteiger charge is -2.37. The fraction of sp³-hybridized carbons (Fsp3) is 0.562. The van der Waals surface area contributed by atoms with E-state index in [1.807, 2.05) is 18.2 Å². The minimum atomic E-state index is 0.432. The summed E-state index contributed by atoms with van der Waals surface area (Å²) in [5, 5.41) is 5.49. The molecule has 3 nitrogen and oxygen atoms in total. The highest BCUT2D eigenvalue weighted by atomic mass is 35.5. The van der Waals surface area contributed by atoms with Crippen LogP contribution in [0.15, 0.2) is 18.2 Å². The normalized spacial score (nSPS) is 17.4. The standard InChI is InChI=1S/C16H23Cl2N3S/c1-3-12(2)19-16(22)21-8-6-20(7-9-21)11-13-4-5-14(17)15(18)10-13/h4-5,10,12H,3,6-9,11H2,1-2H3,(H,19,22). The predicted molar refractivity (Wildman–Crippen MR) is 98.8 cm³/mol. The molecular formula is C16H23Cl2N3S. The van der Waals surface area contributed by atoms with Crippen LogP contribution < -0.4 is 5.32 Å². The minimum absolute atomic E-state index is 0.432. The first-order valence-corrected chi connectivity index (χ1v) is 8.87. The lowest BCUT2D eigenvalue weighted by atomic mass is 10.2. The molecule has 22 heavy (non-hydrogen) atoms. The first kappa shape index (κ1) is 17.8. The van der Waals surface area contributed by atoms with Crippen molar-refractivity contribution < 1.29 is 0 Å². The number of hydrogen-bond donors (Lipinski definition) is 1. The molecule has 0 spiro atoms. The summed E-state index contributed by atoms with van der Waals surface area (Å²) in [6.07, 6.45) is 1.08. The average molecular weight is 360 g/mol. The van der Waals surface area contributed by atoms with Crippen molar-refractivity contribution in [3.63, 3.8) is 0 Å². The second kappa shape index (κ2) is 8.34. The molecule has 0 saturated carbocycles. The molecule has 0 radical (unpaired) electrons. The Morgan fingerprint density at radius 2 is 1.91 bits per heavy atom. The van der Waals surface area contributed by atoms with Crippen LogP contribution in [0.1, 0.15) is 25.8 Å². The summed E-state index contributed by atoms with van der Waals surface area (Å²) in [4.78, 5) is 4.68. The SMILES string of the molecule is CCC(C)NC(=S)N1CCN(Cc2ccc(Cl)c(Cl)c2)CC1. The molecule has 1 aliphatic heterocycles. The molecule has 1 aromatic carbocycles. The lowest BCUT2D eigenvalue weighted by molar-refractivity contribution is 0.174. The molecule has 1 fully saturated rings. The molecule has 0 bridgehead atoms. The van der Waals surface area contributed by atoms with Gasteiger partial charge in [-0.15, -0.1) is 0 Å². The van der Waals surface area contributed by atoms with E-state index in [2.05, 4.69) is 29.0 Å². The molecule has 1 aliphatic rings. The molecular weight excluding hydrogens is 337 g/mol. The second-order valence-electron chi connectivity index (χ2n) is 5.77. The van der Waals surface area contributed by atoms with Gasteiger partial charge >= 0.3 is 0 Å². The van der Waals surface area contributed by atoms with Crippen LogP contribution in [-0.4, -0.2) is 47.1 Å². The summed E-state index contributed by atoms with van der Waals surface area (Å²) in [5.41, 5.74) is 1.20. The van der Waals surface area contributed by atoms with E-state index in [-0.39, 0.29) is 0 Å². The summed E-state index contributed by atoms with van der Waals surface area (Å²) in [6.45, 7) is 9.15. The van der Waals surface area contributed by atoms with Gasteiger partial charge in [0.25, 0.3) is 0 Å². The highest BCUT2D eigenvalue weighted by Crippen LogP contribution is 2.23. The van der Waals surface area contributed by atoms with Gasteiger partial charge in [0.2, 0.25) is 0 Å². The van der Waals surface area contributed by atoms with Gasteiger partial charge in [-0.2, -0.15) is 0 Å². The molecule has 1 unspecified atom stereocenters. The molecule has 122 valence electrons. The van der Waals surface area contributed by atoms with E-state index >= 15 is 0 Å². The number of nitrogens with one attached hydrogen (secondary N) is 1. The Labute approximate surface area is 148 Å². The molecule has 1 atom stereocenters. The average Bonchev–Trinajstić information content (AvgIpc) is 2.51. The van der Waals surface area contributed by atoms with Gasteiger partial charge < -0.3 is 10.2 Å². The van der Waals surface area contributed by atoms with Crippen LogP contribution in [0.4, 0.5) is 0 Å². The first-order valence-electron chi connectivity index (χ1n) is 7.71. The van der Waals surface area contributed by atoms with Crippen LogP contribution in [0, 0.1) is 0 Å². The first-order chi connectivity index (χ1) is 10.5. The Morgan fingerprint density at radius 3 is 2.50 bits per heavy atom. The summed E-state index contributed by atoms with van der Waals surface area (Å²) >= 11 is 17.5. The van der Waals surface area contributed by atoms with Gasteiger partial charge in [0.15, 0.2) is 5.11 Å². The van der Waals surface area contributed by atoms with Crippen LogP contribution in [0.3, 0.4) is 0 Å². The number of benzene rings is 1. The van der Waals surface area contributed by atoms with Crippen LogP contribution in [0.5, 0.6) is 0 Å². The molecule has 1 aromatic rings. The monoisotopic (exact) mass is 359 g/mol. The maximum Gasteiger partial charge on any atom is 0.169 e. The third kappa shape index (κ3) is 4.98. The van der Waals surface area contributed by atoms with Gasteiger partial charge in [-0.05, 0) is 43.3 Å². The third-order valence-electron chi connectivity index (χ3n) is 4.03. The predicted octanol–water partition coefficient (Wildman–Crippen LogP) is 3.78. The zero-order chi connectivity index (χ0) is 16.1. The van der Waals surface area contributed by atoms with E-state index in [4.69, 9.17) is 35.4 Å². The highest BCUT2D eigenvalue weighted by molar-refractivity contribution is 7.80.